The molecule has 0 bridgehead atoms. The summed E-state index contributed by atoms with van der Waals surface area (Å²) in [4.78, 5) is 16.8. The SMILES string of the molecule is Clc1ccccc1-c1nc(-c2ccccc2)c(-c2ccccc2)n1C1(c2ccccc2)N=C(c2ccccc2)C(c2ccccc2)=N1. The average molecular weight is 625 g/mol. The fraction of sp³-hybridized carbons (Fsp3) is 0.0238. The molecule has 4 nitrogen and oxygen atoms in total. The maximum Gasteiger partial charge on any atom is 0.261 e. The highest BCUT2D eigenvalue weighted by molar-refractivity contribution is 6.54. The highest BCUT2D eigenvalue weighted by Crippen LogP contribution is 2.47. The van der Waals surface area contributed by atoms with Crippen molar-refractivity contribution in [1.82, 2.24) is 9.55 Å². The van der Waals surface area contributed by atoms with E-state index in [1.165, 1.54) is 0 Å². The Bertz CT molecular complexity index is 2170. The van der Waals surface area contributed by atoms with E-state index in [2.05, 4.69) is 77.4 Å². The number of halogens is 1. The minimum absolute atomic E-state index is 0.596. The topological polar surface area (TPSA) is 42.5 Å². The number of aromatic nitrogens is 2. The Balaban J connectivity index is 1.57. The van der Waals surface area contributed by atoms with Gasteiger partial charge in [0, 0.05) is 33.4 Å². The van der Waals surface area contributed by atoms with Crippen LogP contribution < -0.4 is 0 Å². The summed E-state index contributed by atoms with van der Waals surface area (Å²) in [6, 6.07) is 59.4. The molecular formula is C42H29ClN4. The fourth-order valence-corrected chi connectivity index (χ4v) is 6.48. The van der Waals surface area contributed by atoms with Gasteiger partial charge in [-0.25, -0.2) is 15.0 Å². The average Bonchev–Trinajstić information content (AvgIpc) is 3.75. The molecule has 47 heavy (non-hydrogen) atoms. The first-order valence-corrected chi connectivity index (χ1v) is 16.0. The van der Waals surface area contributed by atoms with Gasteiger partial charge in [0.25, 0.3) is 5.79 Å². The van der Waals surface area contributed by atoms with Crippen molar-refractivity contribution in [3.05, 3.63) is 198 Å². The normalized spacial score (nSPS) is 13.6. The lowest BCUT2D eigenvalue weighted by molar-refractivity contribution is 0.409. The summed E-state index contributed by atoms with van der Waals surface area (Å²) in [5.74, 6) is -0.594. The van der Waals surface area contributed by atoms with Crippen LogP contribution in [-0.2, 0) is 5.79 Å². The van der Waals surface area contributed by atoms with E-state index in [4.69, 9.17) is 26.6 Å². The molecule has 1 aromatic heterocycles. The van der Waals surface area contributed by atoms with Crippen LogP contribution in [-0.4, -0.2) is 21.0 Å². The molecule has 1 aliphatic rings. The van der Waals surface area contributed by atoms with Gasteiger partial charge in [-0.3, -0.25) is 4.57 Å². The molecule has 2 heterocycles. The summed E-state index contributed by atoms with van der Waals surface area (Å²) < 4.78 is 2.19. The fourth-order valence-electron chi connectivity index (χ4n) is 6.26. The second-order valence-electron chi connectivity index (χ2n) is 11.3. The summed E-state index contributed by atoms with van der Waals surface area (Å²) in [5.41, 5.74) is 8.97. The second kappa shape index (κ2) is 12.2. The standard InChI is InChI=1S/C42H29ClN4/c43-36-29-17-16-28-35(36)41-44-39(32-22-10-3-11-23-32)40(33-24-12-4-13-25-33)47(41)42(34-26-14-5-15-27-34)45-37(30-18-6-1-7-19-30)38(46-42)31-20-8-2-9-21-31/h1-29H. The number of hydrogen-bond acceptors (Lipinski definition) is 3. The van der Waals surface area contributed by atoms with Gasteiger partial charge in [-0.1, -0.05) is 175 Å². The summed E-state index contributed by atoms with van der Waals surface area (Å²) in [6.45, 7) is 0. The van der Waals surface area contributed by atoms with Crippen LogP contribution in [0.15, 0.2) is 186 Å². The molecule has 0 unspecified atom stereocenters. The molecule has 5 heteroatoms. The zero-order chi connectivity index (χ0) is 31.6. The van der Waals surface area contributed by atoms with Crippen LogP contribution in [0.5, 0.6) is 0 Å². The largest absolute Gasteiger partial charge is 0.275 e. The van der Waals surface area contributed by atoms with Gasteiger partial charge in [0.15, 0.2) is 0 Å². The minimum atomic E-state index is -1.27. The van der Waals surface area contributed by atoms with Gasteiger partial charge in [-0.15, -0.1) is 0 Å². The maximum atomic E-state index is 7.01. The Morgan fingerprint density at radius 1 is 0.447 bits per heavy atom. The first-order valence-electron chi connectivity index (χ1n) is 15.6. The quantitative estimate of drug-likeness (QED) is 0.174. The molecule has 224 valence electrons. The van der Waals surface area contributed by atoms with E-state index in [-0.39, 0.29) is 0 Å². The first-order chi connectivity index (χ1) is 23.2. The highest BCUT2D eigenvalue weighted by Gasteiger charge is 2.45. The molecule has 6 aromatic carbocycles. The third kappa shape index (κ3) is 5.09. The van der Waals surface area contributed by atoms with Gasteiger partial charge in [0.2, 0.25) is 0 Å². The molecule has 0 spiro atoms. The van der Waals surface area contributed by atoms with Crippen LogP contribution >= 0.6 is 11.6 Å². The number of rotatable bonds is 7. The summed E-state index contributed by atoms with van der Waals surface area (Å²) >= 11 is 7.01. The molecule has 7 aromatic rings. The van der Waals surface area contributed by atoms with Gasteiger partial charge in [0.1, 0.15) is 5.82 Å². The monoisotopic (exact) mass is 624 g/mol. The molecule has 8 rings (SSSR count). The Hall–Kier alpha value is -5.84. The predicted molar refractivity (Wildman–Crippen MR) is 193 cm³/mol. The summed E-state index contributed by atoms with van der Waals surface area (Å²) in [7, 11) is 0. The third-order valence-corrected chi connectivity index (χ3v) is 8.74. The van der Waals surface area contributed by atoms with Crippen molar-refractivity contribution in [2.45, 2.75) is 5.79 Å². The lowest BCUT2D eigenvalue weighted by Gasteiger charge is -2.30. The zero-order valence-electron chi connectivity index (χ0n) is 25.4. The molecule has 0 atom stereocenters. The van der Waals surface area contributed by atoms with Crippen LogP contribution in [0, 0.1) is 0 Å². The van der Waals surface area contributed by atoms with Crippen molar-refractivity contribution < 1.29 is 0 Å². The molecule has 0 saturated carbocycles. The molecular weight excluding hydrogens is 596 g/mol. The van der Waals surface area contributed by atoms with Crippen LogP contribution in [0.2, 0.25) is 5.02 Å². The van der Waals surface area contributed by atoms with E-state index < -0.39 is 5.79 Å². The van der Waals surface area contributed by atoms with E-state index in [9.17, 15) is 0 Å². The van der Waals surface area contributed by atoms with Crippen LogP contribution in [0.25, 0.3) is 33.9 Å². The molecule has 0 aliphatic carbocycles. The Morgan fingerprint density at radius 2 is 0.872 bits per heavy atom. The molecule has 0 saturated heterocycles. The number of imidazole rings is 1. The zero-order valence-corrected chi connectivity index (χ0v) is 26.2. The van der Waals surface area contributed by atoms with Crippen molar-refractivity contribution in [2.75, 3.05) is 0 Å². The Morgan fingerprint density at radius 3 is 1.38 bits per heavy atom. The van der Waals surface area contributed by atoms with Gasteiger partial charge >= 0.3 is 0 Å². The third-order valence-electron chi connectivity index (χ3n) is 8.41. The first kappa shape index (κ1) is 28.6. The van der Waals surface area contributed by atoms with Crippen molar-refractivity contribution in [1.29, 1.82) is 0 Å². The van der Waals surface area contributed by atoms with Crippen molar-refractivity contribution in [2.24, 2.45) is 9.98 Å². The number of aliphatic imine (C=N–C) groups is 2. The van der Waals surface area contributed by atoms with E-state index in [1.807, 2.05) is 103 Å². The van der Waals surface area contributed by atoms with Crippen LogP contribution in [0.4, 0.5) is 0 Å². The van der Waals surface area contributed by atoms with Crippen LogP contribution in [0.3, 0.4) is 0 Å². The molecule has 1 aliphatic heterocycles. The van der Waals surface area contributed by atoms with Crippen molar-refractivity contribution in [3.63, 3.8) is 0 Å². The van der Waals surface area contributed by atoms with E-state index in [0.29, 0.717) is 10.8 Å². The molecule has 0 amide bonds. The van der Waals surface area contributed by atoms with Crippen molar-refractivity contribution >= 4 is 23.0 Å². The lowest BCUT2D eigenvalue weighted by atomic mass is 10.0. The van der Waals surface area contributed by atoms with E-state index in [0.717, 1.165) is 56.2 Å². The number of nitrogens with zero attached hydrogens (tertiary/aromatic N) is 4. The van der Waals surface area contributed by atoms with Crippen molar-refractivity contribution in [3.8, 4) is 33.9 Å². The minimum Gasteiger partial charge on any atom is -0.275 e. The molecule has 0 N–H and O–H groups in total. The Labute approximate surface area is 279 Å². The second-order valence-corrected chi connectivity index (χ2v) is 11.7. The van der Waals surface area contributed by atoms with Crippen LogP contribution in [0.1, 0.15) is 16.7 Å². The number of benzene rings is 6. The Kier molecular flexibility index (Phi) is 7.41. The summed E-state index contributed by atoms with van der Waals surface area (Å²) in [6.07, 6.45) is 0. The van der Waals surface area contributed by atoms with E-state index >= 15 is 0 Å². The maximum absolute atomic E-state index is 7.01. The molecule has 0 fully saturated rings. The van der Waals surface area contributed by atoms with Gasteiger partial charge < -0.3 is 0 Å². The lowest BCUT2D eigenvalue weighted by Crippen LogP contribution is -2.31. The van der Waals surface area contributed by atoms with Gasteiger partial charge in [-0.2, -0.15) is 0 Å². The molecule has 0 radical (unpaired) electrons. The summed E-state index contributed by atoms with van der Waals surface area (Å²) in [5, 5.41) is 0.596. The predicted octanol–water partition coefficient (Wildman–Crippen LogP) is 10.2. The van der Waals surface area contributed by atoms with E-state index in [1.54, 1.807) is 0 Å². The van der Waals surface area contributed by atoms with Gasteiger partial charge in [0.05, 0.1) is 27.8 Å². The highest BCUT2D eigenvalue weighted by atomic mass is 35.5. The smallest absolute Gasteiger partial charge is 0.261 e. The number of hydrogen-bond donors (Lipinski definition) is 0. The van der Waals surface area contributed by atoms with Gasteiger partial charge in [-0.05, 0) is 12.1 Å².